The first kappa shape index (κ1) is 17.4. The molecule has 3 nitrogen and oxygen atoms in total. The molecular weight excluding hydrogens is 262 g/mol. The van der Waals surface area contributed by atoms with Crippen molar-refractivity contribution in [1.82, 2.24) is 0 Å². The van der Waals surface area contributed by atoms with Crippen LogP contribution in [0.4, 0.5) is 0 Å². The molecule has 1 aromatic rings. The van der Waals surface area contributed by atoms with Gasteiger partial charge in [-0.2, -0.15) is 0 Å². The summed E-state index contributed by atoms with van der Waals surface area (Å²) in [5.41, 5.74) is 5.55. The molecule has 0 spiro atoms. The fourth-order valence-electron chi connectivity index (χ4n) is 2.40. The van der Waals surface area contributed by atoms with E-state index in [0.29, 0.717) is 0 Å². The molecule has 0 aliphatic heterocycles. The van der Waals surface area contributed by atoms with Gasteiger partial charge in [-0.3, -0.25) is 0 Å². The molecule has 2 atom stereocenters. The van der Waals surface area contributed by atoms with Gasteiger partial charge < -0.3 is 10.5 Å². The summed E-state index contributed by atoms with van der Waals surface area (Å²) in [5, 5.41) is 0. The Bertz CT molecular complexity index is 476. The van der Waals surface area contributed by atoms with Crippen LogP contribution in [0.3, 0.4) is 0 Å². The van der Waals surface area contributed by atoms with Crippen molar-refractivity contribution in [3.63, 3.8) is 0 Å². The van der Waals surface area contributed by atoms with Crippen molar-refractivity contribution in [2.24, 2.45) is 11.7 Å². The van der Waals surface area contributed by atoms with Crippen LogP contribution in [0.1, 0.15) is 46.1 Å². The molecule has 0 heterocycles. The van der Waals surface area contributed by atoms with Crippen molar-refractivity contribution in [2.75, 3.05) is 0 Å². The first-order valence-electron chi connectivity index (χ1n) is 7.46. The zero-order valence-electron chi connectivity index (χ0n) is 13.6. The van der Waals surface area contributed by atoms with Crippen LogP contribution >= 0.6 is 0 Å². The smallest absolute Gasteiger partial charge is 0.331 e. The van der Waals surface area contributed by atoms with Crippen LogP contribution in [0.2, 0.25) is 0 Å². The molecule has 21 heavy (non-hydrogen) atoms. The second-order valence-corrected chi connectivity index (χ2v) is 6.37. The molecule has 0 bridgehead atoms. The van der Waals surface area contributed by atoms with E-state index in [-0.39, 0.29) is 5.92 Å². The summed E-state index contributed by atoms with van der Waals surface area (Å²) in [5.74, 6) is -0.570. The zero-order chi connectivity index (χ0) is 16.1. The molecule has 116 valence electrons. The fourth-order valence-corrected chi connectivity index (χ4v) is 2.40. The van der Waals surface area contributed by atoms with Gasteiger partial charge in [-0.15, -0.1) is 6.58 Å². The zero-order valence-corrected chi connectivity index (χ0v) is 13.6. The lowest BCUT2D eigenvalue weighted by Crippen LogP contribution is -2.53. The largest absolute Gasteiger partial charge is 0.458 e. The molecule has 0 saturated heterocycles. The van der Waals surface area contributed by atoms with E-state index in [2.05, 4.69) is 13.5 Å². The summed E-state index contributed by atoms with van der Waals surface area (Å²) in [7, 11) is 0. The molecule has 0 radical (unpaired) electrons. The first-order chi connectivity index (χ1) is 9.75. The highest BCUT2D eigenvalue weighted by Gasteiger charge is 2.44. The van der Waals surface area contributed by atoms with Crippen LogP contribution in [-0.2, 0) is 15.1 Å². The summed E-state index contributed by atoms with van der Waals surface area (Å²) in [4.78, 5) is 12.8. The highest BCUT2D eigenvalue weighted by atomic mass is 16.6. The highest BCUT2D eigenvalue weighted by Crippen LogP contribution is 2.34. The monoisotopic (exact) mass is 289 g/mol. The van der Waals surface area contributed by atoms with E-state index in [1.165, 1.54) is 0 Å². The van der Waals surface area contributed by atoms with E-state index in [1.54, 1.807) is 6.08 Å². The van der Waals surface area contributed by atoms with Crippen LogP contribution < -0.4 is 5.73 Å². The van der Waals surface area contributed by atoms with Crippen molar-refractivity contribution >= 4 is 5.97 Å². The number of rotatable bonds is 6. The van der Waals surface area contributed by atoms with Gasteiger partial charge in [0, 0.05) is 5.92 Å². The van der Waals surface area contributed by atoms with Gasteiger partial charge in [0.1, 0.15) is 11.1 Å². The number of hydrogen-bond acceptors (Lipinski definition) is 3. The summed E-state index contributed by atoms with van der Waals surface area (Å²) in [6.45, 7) is 11.5. The Labute approximate surface area is 128 Å². The van der Waals surface area contributed by atoms with Crippen molar-refractivity contribution in [3.05, 3.63) is 48.6 Å². The summed E-state index contributed by atoms with van der Waals surface area (Å²) < 4.78 is 5.57. The fraction of sp³-hybridized carbons (Fsp3) is 0.500. The third-order valence-corrected chi connectivity index (χ3v) is 3.46. The number of carbonyl (C=O) groups is 1. The van der Waals surface area contributed by atoms with Gasteiger partial charge in [0.25, 0.3) is 0 Å². The highest BCUT2D eigenvalue weighted by molar-refractivity contribution is 5.83. The Hall–Kier alpha value is -1.61. The van der Waals surface area contributed by atoms with Crippen molar-refractivity contribution in [2.45, 2.75) is 51.7 Å². The Balaban J connectivity index is 3.28. The van der Waals surface area contributed by atoms with E-state index in [9.17, 15) is 4.79 Å². The van der Waals surface area contributed by atoms with Crippen LogP contribution in [0.25, 0.3) is 0 Å². The number of hydrogen-bond donors (Lipinski definition) is 1. The molecule has 1 aromatic carbocycles. The molecular formula is C18H27NO2. The number of ether oxygens (including phenoxy) is 1. The Morgan fingerprint density at radius 2 is 1.90 bits per heavy atom. The van der Waals surface area contributed by atoms with E-state index in [0.717, 1.165) is 18.4 Å². The van der Waals surface area contributed by atoms with Crippen molar-refractivity contribution in [3.8, 4) is 0 Å². The maximum absolute atomic E-state index is 12.8. The van der Waals surface area contributed by atoms with Gasteiger partial charge in [-0.25, -0.2) is 4.79 Å². The first-order valence-corrected chi connectivity index (χ1v) is 7.46. The summed E-state index contributed by atoms with van der Waals surface area (Å²) in [6.07, 6.45) is 3.47. The molecule has 0 fully saturated rings. The lowest BCUT2D eigenvalue weighted by Gasteiger charge is -2.36. The van der Waals surface area contributed by atoms with Gasteiger partial charge >= 0.3 is 5.97 Å². The molecule has 3 heteroatoms. The number of nitrogens with two attached hydrogens (primary N) is 1. The molecule has 0 aromatic heterocycles. The van der Waals surface area contributed by atoms with Gasteiger partial charge in [0.05, 0.1) is 0 Å². The molecule has 0 aliphatic rings. The minimum atomic E-state index is -1.20. The standard InChI is InChI=1S/C18H27NO2/c1-6-11-14(7-2)18(19,15-12-9-8-10-13-15)16(20)21-17(3,4)5/h7-10,12-14H,2,6,11,19H2,1,3-5H3/t14-,18-/m0/s1. The Morgan fingerprint density at radius 3 is 2.33 bits per heavy atom. The third-order valence-electron chi connectivity index (χ3n) is 3.46. The maximum Gasteiger partial charge on any atom is 0.331 e. The number of esters is 1. The van der Waals surface area contributed by atoms with E-state index >= 15 is 0 Å². The average molecular weight is 289 g/mol. The molecule has 1 rings (SSSR count). The lowest BCUT2D eigenvalue weighted by molar-refractivity contribution is -0.164. The minimum absolute atomic E-state index is 0.167. The molecule has 0 amide bonds. The predicted molar refractivity (Wildman–Crippen MR) is 86.7 cm³/mol. The van der Waals surface area contributed by atoms with Gasteiger partial charge in [0.15, 0.2) is 0 Å². The lowest BCUT2D eigenvalue weighted by atomic mass is 9.76. The number of carbonyl (C=O) groups excluding carboxylic acids is 1. The van der Waals surface area contributed by atoms with Crippen LogP contribution in [0, 0.1) is 5.92 Å². The SMILES string of the molecule is C=C[C@@H](CCC)[C@@](N)(C(=O)OC(C)(C)C)c1ccccc1. The molecule has 2 N–H and O–H groups in total. The van der Waals surface area contributed by atoms with Crippen LogP contribution in [-0.4, -0.2) is 11.6 Å². The second kappa shape index (κ2) is 6.90. The quantitative estimate of drug-likeness (QED) is 0.640. The van der Waals surface area contributed by atoms with Crippen LogP contribution in [0.15, 0.2) is 43.0 Å². The van der Waals surface area contributed by atoms with Gasteiger partial charge in [0.2, 0.25) is 0 Å². The van der Waals surface area contributed by atoms with E-state index < -0.39 is 17.1 Å². The van der Waals surface area contributed by atoms with Crippen molar-refractivity contribution in [1.29, 1.82) is 0 Å². The summed E-state index contributed by atoms with van der Waals surface area (Å²) >= 11 is 0. The maximum atomic E-state index is 12.8. The minimum Gasteiger partial charge on any atom is -0.458 e. The molecule has 0 saturated carbocycles. The second-order valence-electron chi connectivity index (χ2n) is 6.37. The molecule has 0 unspecified atom stereocenters. The third kappa shape index (κ3) is 4.18. The van der Waals surface area contributed by atoms with E-state index in [1.807, 2.05) is 51.1 Å². The van der Waals surface area contributed by atoms with Gasteiger partial charge in [-0.05, 0) is 32.8 Å². The Kier molecular flexibility index (Phi) is 5.73. The summed E-state index contributed by atoms with van der Waals surface area (Å²) in [6, 6.07) is 9.41. The topological polar surface area (TPSA) is 52.3 Å². The average Bonchev–Trinajstić information content (AvgIpc) is 2.43. The number of benzene rings is 1. The predicted octanol–water partition coefficient (Wildman–Crippen LogP) is 3.78. The van der Waals surface area contributed by atoms with Crippen LogP contribution in [0.5, 0.6) is 0 Å². The van der Waals surface area contributed by atoms with E-state index in [4.69, 9.17) is 10.5 Å². The normalized spacial score (nSPS) is 15.9. The van der Waals surface area contributed by atoms with Gasteiger partial charge in [-0.1, -0.05) is 49.8 Å². The Morgan fingerprint density at radius 1 is 1.33 bits per heavy atom. The molecule has 0 aliphatic carbocycles. The van der Waals surface area contributed by atoms with Crippen molar-refractivity contribution < 1.29 is 9.53 Å².